The maximum Gasteiger partial charge on any atom is 0.407 e. The van der Waals surface area contributed by atoms with Crippen molar-refractivity contribution in [1.29, 1.82) is 0 Å². The van der Waals surface area contributed by atoms with Crippen LogP contribution >= 0.6 is 0 Å². The number of hydrogen-bond donors (Lipinski definition) is 2. The van der Waals surface area contributed by atoms with Crippen LogP contribution in [0, 0.1) is 5.92 Å². The molecule has 0 aliphatic heterocycles. The van der Waals surface area contributed by atoms with Gasteiger partial charge in [0, 0.05) is 19.6 Å². The van der Waals surface area contributed by atoms with Crippen LogP contribution in [0.1, 0.15) is 118 Å². The second-order valence-corrected chi connectivity index (χ2v) is 9.56. The number of rotatable bonds is 19. The fourth-order valence-electron chi connectivity index (χ4n) is 3.43. The first-order chi connectivity index (χ1) is 14.8. The van der Waals surface area contributed by atoms with Crippen LogP contribution in [0.2, 0.25) is 0 Å². The van der Waals surface area contributed by atoms with Crippen molar-refractivity contribution in [1.82, 2.24) is 5.32 Å². The minimum atomic E-state index is -0.527. The zero-order valence-corrected chi connectivity index (χ0v) is 20.7. The fraction of sp³-hybridized carbons (Fsp3) is 0.920. The van der Waals surface area contributed by atoms with Crippen LogP contribution in [0.3, 0.4) is 0 Å². The smallest absolute Gasteiger partial charge is 0.407 e. The molecule has 0 fully saturated rings. The standard InChI is InChI=1S/C25H49NO5/c1-5-6-7-8-9-10-11-12-13-17-23(28)30-20-18-22(16-14-15-19-27)21-26-24(29)31-25(2,3)4/h22,27H,5-21H2,1-4H3,(H,26,29). The van der Waals surface area contributed by atoms with Gasteiger partial charge in [0.25, 0.3) is 0 Å². The van der Waals surface area contributed by atoms with Crippen LogP contribution in [0.4, 0.5) is 4.79 Å². The largest absolute Gasteiger partial charge is 0.466 e. The highest BCUT2D eigenvalue weighted by atomic mass is 16.6. The molecule has 0 saturated heterocycles. The van der Waals surface area contributed by atoms with Crippen molar-refractivity contribution in [3.05, 3.63) is 0 Å². The molecular formula is C25H49NO5. The topological polar surface area (TPSA) is 84.9 Å². The normalized spacial score (nSPS) is 12.4. The Kier molecular flexibility index (Phi) is 18.6. The maximum absolute atomic E-state index is 12.0. The SMILES string of the molecule is CCCCCCCCCCCC(=O)OCCC(CCCCO)CNC(=O)OC(C)(C)C. The number of carbonyl (C=O) groups excluding carboxylic acids is 2. The summed E-state index contributed by atoms with van der Waals surface area (Å²) in [5.74, 6) is 0.0664. The number of aliphatic hydroxyl groups excluding tert-OH is 1. The molecule has 6 nitrogen and oxygen atoms in total. The third-order valence-electron chi connectivity index (χ3n) is 5.23. The van der Waals surface area contributed by atoms with Gasteiger partial charge in [0.1, 0.15) is 5.60 Å². The highest BCUT2D eigenvalue weighted by Gasteiger charge is 2.18. The molecular weight excluding hydrogens is 394 g/mol. The van der Waals surface area contributed by atoms with Crippen molar-refractivity contribution >= 4 is 12.1 Å². The molecule has 0 aliphatic carbocycles. The first-order valence-electron chi connectivity index (χ1n) is 12.5. The van der Waals surface area contributed by atoms with E-state index in [0.717, 1.165) is 32.1 Å². The zero-order valence-electron chi connectivity index (χ0n) is 20.7. The zero-order chi connectivity index (χ0) is 23.4. The second-order valence-electron chi connectivity index (χ2n) is 9.56. The first-order valence-corrected chi connectivity index (χ1v) is 12.5. The van der Waals surface area contributed by atoms with Crippen molar-refractivity contribution in [2.45, 2.75) is 123 Å². The van der Waals surface area contributed by atoms with E-state index in [0.29, 0.717) is 26.0 Å². The number of amides is 1. The summed E-state index contributed by atoms with van der Waals surface area (Å²) in [7, 11) is 0. The molecule has 0 radical (unpaired) electrons. The number of carbonyl (C=O) groups is 2. The van der Waals surface area contributed by atoms with Gasteiger partial charge in [0.05, 0.1) is 6.61 Å². The number of nitrogens with one attached hydrogen (secondary N) is 1. The molecule has 0 rings (SSSR count). The van der Waals surface area contributed by atoms with Gasteiger partial charge in [-0.25, -0.2) is 4.79 Å². The Morgan fingerprint density at radius 2 is 1.48 bits per heavy atom. The summed E-state index contributed by atoms with van der Waals surface area (Å²) < 4.78 is 10.7. The number of hydrogen-bond acceptors (Lipinski definition) is 5. The number of unbranched alkanes of at least 4 members (excludes halogenated alkanes) is 9. The van der Waals surface area contributed by atoms with Gasteiger partial charge in [-0.2, -0.15) is 0 Å². The average molecular weight is 444 g/mol. The number of alkyl carbamates (subject to hydrolysis) is 1. The maximum atomic E-state index is 12.0. The Morgan fingerprint density at radius 1 is 0.871 bits per heavy atom. The summed E-state index contributed by atoms with van der Waals surface area (Å²) in [5, 5.41) is 11.8. The lowest BCUT2D eigenvalue weighted by Gasteiger charge is -2.22. The predicted octanol–water partition coefficient (Wildman–Crippen LogP) is 6.14. The molecule has 0 heterocycles. The van der Waals surface area contributed by atoms with Gasteiger partial charge in [-0.1, -0.05) is 64.7 Å². The predicted molar refractivity (Wildman–Crippen MR) is 126 cm³/mol. The van der Waals surface area contributed by atoms with Crippen LogP contribution in [-0.4, -0.2) is 42.5 Å². The summed E-state index contributed by atoms with van der Waals surface area (Å²) in [6, 6.07) is 0. The van der Waals surface area contributed by atoms with Crippen molar-refractivity contribution in [2.75, 3.05) is 19.8 Å². The number of esters is 1. The third-order valence-corrected chi connectivity index (χ3v) is 5.23. The molecule has 1 atom stereocenters. The van der Waals surface area contributed by atoms with Crippen LogP contribution in [0.5, 0.6) is 0 Å². The van der Waals surface area contributed by atoms with E-state index in [1.54, 1.807) is 0 Å². The van der Waals surface area contributed by atoms with Gasteiger partial charge < -0.3 is 19.9 Å². The van der Waals surface area contributed by atoms with Crippen LogP contribution in [-0.2, 0) is 14.3 Å². The molecule has 0 aromatic rings. The molecule has 6 heteroatoms. The van der Waals surface area contributed by atoms with Crippen molar-refractivity contribution in [3.8, 4) is 0 Å². The Balaban J connectivity index is 3.94. The van der Waals surface area contributed by atoms with E-state index in [1.807, 2.05) is 20.8 Å². The van der Waals surface area contributed by atoms with Crippen molar-refractivity contribution in [3.63, 3.8) is 0 Å². The van der Waals surface area contributed by atoms with E-state index in [9.17, 15) is 9.59 Å². The van der Waals surface area contributed by atoms with E-state index in [4.69, 9.17) is 14.6 Å². The van der Waals surface area contributed by atoms with Gasteiger partial charge in [0.15, 0.2) is 0 Å². The third kappa shape index (κ3) is 21.7. The first kappa shape index (κ1) is 29.7. The van der Waals surface area contributed by atoms with Gasteiger partial charge in [-0.3, -0.25) is 4.79 Å². The summed E-state index contributed by atoms with van der Waals surface area (Å²) >= 11 is 0. The van der Waals surface area contributed by atoms with E-state index in [-0.39, 0.29) is 18.5 Å². The summed E-state index contributed by atoms with van der Waals surface area (Å²) in [6.07, 6.45) is 14.3. The van der Waals surface area contributed by atoms with Crippen molar-refractivity contribution < 1.29 is 24.2 Å². The summed E-state index contributed by atoms with van der Waals surface area (Å²) in [4.78, 5) is 23.8. The Bertz CT molecular complexity index is 448. The lowest BCUT2D eigenvalue weighted by molar-refractivity contribution is -0.144. The van der Waals surface area contributed by atoms with E-state index in [2.05, 4.69) is 12.2 Å². The Labute approximate surface area is 190 Å². The molecule has 0 aromatic carbocycles. The van der Waals surface area contributed by atoms with Gasteiger partial charge in [-0.15, -0.1) is 0 Å². The van der Waals surface area contributed by atoms with Gasteiger partial charge >= 0.3 is 12.1 Å². The summed E-state index contributed by atoms with van der Waals surface area (Å²) in [6.45, 7) is 8.75. The molecule has 0 aliphatic rings. The number of aliphatic hydroxyl groups is 1. The number of ether oxygens (including phenoxy) is 2. The molecule has 0 aromatic heterocycles. The second kappa shape index (κ2) is 19.4. The molecule has 2 N–H and O–H groups in total. The van der Waals surface area contributed by atoms with Crippen LogP contribution in [0.25, 0.3) is 0 Å². The summed E-state index contributed by atoms with van der Waals surface area (Å²) in [5.41, 5.74) is -0.527. The highest BCUT2D eigenvalue weighted by molar-refractivity contribution is 5.69. The molecule has 0 saturated carbocycles. The van der Waals surface area contributed by atoms with Gasteiger partial charge in [0.2, 0.25) is 0 Å². The monoisotopic (exact) mass is 443 g/mol. The molecule has 0 spiro atoms. The molecule has 31 heavy (non-hydrogen) atoms. The molecule has 1 unspecified atom stereocenters. The van der Waals surface area contributed by atoms with Gasteiger partial charge in [-0.05, 0) is 52.4 Å². The van der Waals surface area contributed by atoms with E-state index in [1.165, 1.54) is 44.9 Å². The van der Waals surface area contributed by atoms with Crippen LogP contribution in [0.15, 0.2) is 0 Å². The molecule has 0 bridgehead atoms. The van der Waals surface area contributed by atoms with E-state index < -0.39 is 11.7 Å². The minimum absolute atomic E-state index is 0.128. The lowest BCUT2D eigenvalue weighted by atomic mass is 9.99. The molecule has 1 amide bonds. The van der Waals surface area contributed by atoms with E-state index >= 15 is 0 Å². The highest BCUT2D eigenvalue weighted by Crippen LogP contribution is 2.14. The van der Waals surface area contributed by atoms with Crippen LogP contribution < -0.4 is 5.32 Å². The van der Waals surface area contributed by atoms with Crippen molar-refractivity contribution in [2.24, 2.45) is 5.92 Å². The quantitative estimate of drug-likeness (QED) is 0.185. The minimum Gasteiger partial charge on any atom is -0.466 e. The Hall–Kier alpha value is -1.30. The Morgan fingerprint density at radius 3 is 2.06 bits per heavy atom. The average Bonchev–Trinajstić information content (AvgIpc) is 2.69. The lowest BCUT2D eigenvalue weighted by Crippen LogP contribution is -2.35. The fourth-order valence-corrected chi connectivity index (χ4v) is 3.43. The molecule has 184 valence electrons.